The Balaban J connectivity index is 1.74. The van der Waals surface area contributed by atoms with Crippen LogP contribution in [0.4, 0.5) is 11.4 Å². The fourth-order valence-corrected chi connectivity index (χ4v) is 3.99. The summed E-state index contributed by atoms with van der Waals surface area (Å²) < 4.78 is 0. The molecular weight excluding hydrogens is 374 g/mol. The second-order valence-electron chi connectivity index (χ2n) is 8.38. The van der Waals surface area contributed by atoms with Crippen LogP contribution >= 0.6 is 0 Å². The molecule has 30 heavy (non-hydrogen) atoms. The molecule has 5 heteroatoms. The highest BCUT2D eigenvalue weighted by Crippen LogP contribution is 2.30. The van der Waals surface area contributed by atoms with E-state index >= 15 is 0 Å². The van der Waals surface area contributed by atoms with Gasteiger partial charge < -0.3 is 15.5 Å². The first kappa shape index (κ1) is 21.9. The van der Waals surface area contributed by atoms with Crippen LogP contribution in [0.5, 0.6) is 0 Å². The molecular formula is C25H33N3O2. The molecule has 0 unspecified atom stereocenters. The maximum Gasteiger partial charge on any atom is 0.253 e. The van der Waals surface area contributed by atoms with Crippen LogP contribution in [0.1, 0.15) is 56.0 Å². The fourth-order valence-electron chi connectivity index (χ4n) is 3.99. The average molecular weight is 408 g/mol. The second kappa shape index (κ2) is 10.3. The number of benzene rings is 2. The first-order valence-electron chi connectivity index (χ1n) is 11.0. The molecule has 3 rings (SSSR count). The van der Waals surface area contributed by atoms with E-state index in [-0.39, 0.29) is 17.9 Å². The molecule has 2 N–H and O–H groups in total. The quantitative estimate of drug-likeness (QED) is 0.703. The molecule has 0 bridgehead atoms. The summed E-state index contributed by atoms with van der Waals surface area (Å²) in [6, 6.07) is 16.4. The van der Waals surface area contributed by atoms with E-state index in [2.05, 4.69) is 45.9 Å². The van der Waals surface area contributed by atoms with Gasteiger partial charge in [-0.05, 0) is 62.8 Å². The van der Waals surface area contributed by atoms with Gasteiger partial charge in [0.25, 0.3) is 5.91 Å². The first-order chi connectivity index (χ1) is 14.5. The van der Waals surface area contributed by atoms with Crippen LogP contribution in [0.3, 0.4) is 0 Å². The Morgan fingerprint density at radius 2 is 1.77 bits per heavy atom. The monoisotopic (exact) mass is 407 g/mol. The van der Waals surface area contributed by atoms with Gasteiger partial charge >= 0.3 is 0 Å². The molecule has 160 valence electrons. The Morgan fingerprint density at radius 3 is 2.40 bits per heavy atom. The molecule has 1 fully saturated rings. The Hall–Kier alpha value is -2.82. The number of rotatable bonds is 7. The molecule has 1 saturated heterocycles. The van der Waals surface area contributed by atoms with Crippen LogP contribution in [-0.4, -0.2) is 30.9 Å². The molecule has 2 aromatic carbocycles. The lowest BCUT2D eigenvalue weighted by molar-refractivity contribution is -0.115. The van der Waals surface area contributed by atoms with E-state index in [4.69, 9.17) is 0 Å². The van der Waals surface area contributed by atoms with Crippen molar-refractivity contribution in [2.24, 2.45) is 5.92 Å². The van der Waals surface area contributed by atoms with Crippen molar-refractivity contribution >= 4 is 23.2 Å². The second-order valence-corrected chi connectivity index (χ2v) is 8.38. The zero-order valence-corrected chi connectivity index (χ0v) is 18.3. The number of nitrogens with zero attached hydrogens (tertiary/aromatic N) is 1. The summed E-state index contributed by atoms with van der Waals surface area (Å²) in [4.78, 5) is 27.0. The van der Waals surface area contributed by atoms with Crippen molar-refractivity contribution in [3.8, 4) is 0 Å². The Morgan fingerprint density at radius 1 is 1.07 bits per heavy atom. The van der Waals surface area contributed by atoms with Crippen LogP contribution in [0.25, 0.3) is 0 Å². The van der Waals surface area contributed by atoms with E-state index in [1.807, 2.05) is 32.9 Å². The number of carbonyl (C=O) groups is 2. The molecule has 0 spiro atoms. The summed E-state index contributed by atoms with van der Waals surface area (Å²) in [6.45, 7) is 7.58. The fraction of sp³-hybridized carbons (Fsp3) is 0.440. The molecule has 0 aromatic heterocycles. The van der Waals surface area contributed by atoms with Gasteiger partial charge in [0, 0.05) is 36.9 Å². The largest absolute Gasteiger partial charge is 0.371 e. The SMILES string of the molecule is CCC(=O)Nc1ccc(N2CCC(Cc3ccccc3)CC2)c(C(=O)NC(C)C)c1. The molecule has 0 atom stereocenters. The van der Waals surface area contributed by atoms with E-state index in [1.165, 1.54) is 5.56 Å². The molecule has 2 aromatic rings. The number of nitrogens with one attached hydrogen (secondary N) is 2. The molecule has 5 nitrogen and oxygen atoms in total. The Kier molecular flexibility index (Phi) is 7.50. The van der Waals surface area contributed by atoms with Crippen molar-refractivity contribution in [2.45, 2.75) is 52.5 Å². The van der Waals surface area contributed by atoms with E-state index in [0.29, 0.717) is 23.6 Å². The number of carbonyl (C=O) groups excluding carboxylic acids is 2. The van der Waals surface area contributed by atoms with E-state index in [9.17, 15) is 9.59 Å². The van der Waals surface area contributed by atoms with Crippen molar-refractivity contribution in [3.05, 3.63) is 59.7 Å². The van der Waals surface area contributed by atoms with Gasteiger partial charge in [-0.25, -0.2) is 0 Å². The lowest BCUT2D eigenvalue weighted by Crippen LogP contribution is -2.37. The normalized spacial score (nSPS) is 14.6. The van der Waals surface area contributed by atoms with Crippen molar-refractivity contribution in [2.75, 3.05) is 23.3 Å². The predicted molar refractivity (Wildman–Crippen MR) is 123 cm³/mol. The first-order valence-corrected chi connectivity index (χ1v) is 11.0. The lowest BCUT2D eigenvalue weighted by atomic mass is 9.89. The maximum absolute atomic E-state index is 12.9. The number of amides is 2. The summed E-state index contributed by atoms with van der Waals surface area (Å²) in [5.74, 6) is 0.512. The van der Waals surface area contributed by atoms with Crippen molar-refractivity contribution < 1.29 is 9.59 Å². The summed E-state index contributed by atoms with van der Waals surface area (Å²) in [5, 5.41) is 5.86. The van der Waals surface area contributed by atoms with Crippen LogP contribution in [-0.2, 0) is 11.2 Å². The van der Waals surface area contributed by atoms with E-state index < -0.39 is 0 Å². The standard InChI is InChI=1S/C25H33N3O2/c1-4-24(29)27-21-10-11-23(22(17-21)25(30)26-18(2)3)28-14-12-20(13-15-28)16-19-8-6-5-7-9-19/h5-11,17-18,20H,4,12-16H2,1-3H3,(H,26,30)(H,27,29). The molecule has 1 aliphatic heterocycles. The van der Waals surface area contributed by atoms with Gasteiger partial charge in [0.05, 0.1) is 5.56 Å². The molecule has 2 amide bonds. The third-order valence-corrected chi connectivity index (χ3v) is 5.59. The van der Waals surface area contributed by atoms with E-state index in [0.717, 1.165) is 38.0 Å². The smallest absolute Gasteiger partial charge is 0.253 e. The van der Waals surface area contributed by atoms with Crippen molar-refractivity contribution in [1.29, 1.82) is 0 Å². The lowest BCUT2D eigenvalue weighted by Gasteiger charge is -2.35. The van der Waals surface area contributed by atoms with Crippen LogP contribution in [0.15, 0.2) is 48.5 Å². The summed E-state index contributed by atoms with van der Waals surface area (Å²) >= 11 is 0. The van der Waals surface area contributed by atoms with Crippen LogP contribution < -0.4 is 15.5 Å². The minimum Gasteiger partial charge on any atom is -0.371 e. The minimum atomic E-state index is -0.0981. The van der Waals surface area contributed by atoms with Gasteiger partial charge in [-0.15, -0.1) is 0 Å². The van der Waals surface area contributed by atoms with Crippen LogP contribution in [0.2, 0.25) is 0 Å². The minimum absolute atomic E-state index is 0.0517. The highest BCUT2D eigenvalue weighted by Gasteiger charge is 2.24. The van der Waals surface area contributed by atoms with Gasteiger partial charge in [-0.1, -0.05) is 37.3 Å². The third-order valence-electron chi connectivity index (χ3n) is 5.59. The van der Waals surface area contributed by atoms with Crippen LogP contribution in [0, 0.1) is 5.92 Å². The number of anilines is 2. The zero-order chi connectivity index (χ0) is 21.5. The van der Waals surface area contributed by atoms with Gasteiger partial charge in [-0.3, -0.25) is 9.59 Å². The highest BCUT2D eigenvalue weighted by atomic mass is 16.2. The number of piperidine rings is 1. The van der Waals surface area contributed by atoms with Gasteiger partial charge in [0.2, 0.25) is 5.91 Å². The predicted octanol–water partition coefficient (Wildman–Crippen LogP) is 4.63. The molecule has 0 saturated carbocycles. The van der Waals surface area contributed by atoms with Gasteiger partial charge in [0.1, 0.15) is 0 Å². The van der Waals surface area contributed by atoms with E-state index in [1.54, 1.807) is 6.07 Å². The summed E-state index contributed by atoms with van der Waals surface area (Å²) in [6.07, 6.45) is 3.73. The van der Waals surface area contributed by atoms with Gasteiger partial charge in [-0.2, -0.15) is 0 Å². The average Bonchev–Trinajstić information content (AvgIpc) is 2.74. The molecule has 1 heterocycles. The maximum atomic E-state index is 12.9. The number of hydrogen-bond donors (Lipinski definition) is 2. The summed E-state index contributed by atoms with van der Waals surface area (Å²) in [5.41, 5.74) is 3.63. The highest BCUT2D eigenvalue weighted by molar-refractivity contribution is 6.02. The molecule has 0 radical (unpaired) electrons. The van der Waals surface area contributed by atoms with Crippen molar-refractivity contribution in [1.82, 2.24) is 5.32 Å². The Labute approximate surface area is 179 Å². The zero-order valence-electron chi connectivity index (χ0n) is 18.3. The van der Waals surface area contributed by atoms with Crippen molar-refractivity contribution in [3.63, 3.8) is 0 Å². The number of hydrogen-bond acceptors (Lipinski definition) is 3. The molecule has 1 aliphatic rings. The molecule has 0 aliphatic carbocycles. The Bertz CT molecular complexity index is 856. The van der Waals surface area contributed by atoms with Gasteiger partial charge in [0.15, 0.2) is 0 Å². The topological polar surface area (TPSA) is 61.4 Å². The summed E-state index contributed by atoms with van der Waals surface area (Å²) in [7, 11) is 0. The third kappa shape index (κ3) is 5.85.